The van der Waals surface area contributed by atoms with Crippen molar-refractivity contribution >= 4 is 12.0 Å². The number of carboxylic acid groups (broad SMARTS) is 1. The summed E-state index contributed by atoms with van der Waals surface area (Å²) in [6.07, 6.45) is 0. The maximum Gasteiger partial charge on any atom is 0.317 e. The predicted octanol–water partition coefficient (Wildman–Crippen LogP) is 1.56. The molecular formula is C14H16FN3O3. The van der Waals surface area contributed by atoms with Crippen LogP contribution in [0.15, 0.2) is 18.2 Å². The number of carbonyl (C=O) groups excluding carboxylic acids is 1. The number of rotatable bonds is 5. The van der Waals surface area contributed by atoms with Gasteiger partial charge >= 0.3 is 12.0 Å². The van der Waals surface area contributed by atoms with Crippen LogP contribution in [0.3, 0.4) is 0 Å². The molecule has 2 N–H and O–H groups in total. The number of amides is 2. The highest BCUT2D eigenvalue weighted by Crippen LogP contribution is 2.09. The lowest BCUT2D eigenvalue weighted by Gasteiger charge is -2.20. The number of carboxylic acids is 1. The van der Waals surface area contributed by atoms with Crippen molar-refractivity contribution in [3.8, 4) is 6.07 Å². The van der Waals surface area contributed by atoms with Gasteiger partial charge in [-0.3, -0.25) is 4.79 Å². The van der Waals surface area contributed by atoms with Crippen LogP contribution in [0, 0.1) is 23.1 Å². The summed E-state index contributed by atoms with van der Waals surface area (Å²) >= 11 is 0. The molecule has 0 aromatic heterocycles. The van der Waals surface area contributed by atoms with Gasteiger partial charge in [-0.2, -0.15) is 5.26 Å². The van der Waals surface area contributed by atoms with E-state index in [-0.39, 0.29) is 18.7 Å². The Morgan fingerprint density at radius 3 is 2.71 bits per heavy atom. The SMILES string of the molecule is CC(CN(C)C(=O)NCc1ccc(C#N)c(F)c1)C(=O)O. The molecule has 0 radical (unpaired) electrons. The quantitative estimate of drug-likeness (QED) is 0.861. The minimum atomic E-state index is -0.983. The first kappa shape index (κ1) is 16.4. The third-order valence-electron chi connectivity index (χ3n) is 2.91. The highest BCUT2D eigenvalue weighted by atomic mass is 19.1. The van der Waals surface area contributed by atoms with E-state index in [1.165, 1.54) is 31.0 Å². The van der Waals surface area contributed by atoms with Crippen LogP contribution >= 0.6 is 0 Å². The van der Waals surface area contributed by atoms with Crippen LogP contribution in [-0.2, 0) is 11.3 Å². The number of aliphatic carboxylic acids is 1. The molecule has 0 spiro atoms. The zero-order valence-corrected chi connectivity index (χ0v) is 11.8. The lowest BCUT2D eigenvalue weighted by atomic mass is 10.1. The van der Waals surface area contributed by atoms with Gasteiger partial charge in [0.1, 0.15) is 11.9 Å². The highest BCUT2D eigenvalue weighted by molar-refractivity contribution is 5.75. The van der Waals surface area contributed by atoms with Gasteiger partial charge in [0.25, 0.3) is 0 Å². The summed E-state index contributed by atoms with van der Waals surface area (Å²) in [7, 11) is 1.48. The summed E-state index contributed by atoms with van der Waals surface area (Å²) in [5.41, 5.74) is 0.456. The van der Waals surface area contributed by atoms with Crippen LogP contribution in [0.25, 0.3) is 0 Å². The summed E-state index contributed by atoms with van der Waals surface area (Å²) in [6.45, 7) is 1.66. The smallest absolute Gasteiger partial charge is 0.317 e. The maximum atomic E-state index is 13.4. The van der Waals surface area contributed by atoms with E-state index in [4.69, 9.17) is 10.4 Å². The van der Waals surface area contributed by atoms with Gasteiger partial charge in [-0.15, -0.1) is 0 Å². The molecule has 0 bridgehead atoms. The van der Waals surface area contributed by atoms with Gasteiger partial charge in [0.05, 0.1) is 11.5 Å². The van der Waals surface area contributed by atoms with E-state index in [0.717, 1.165) is 0 Å². The number of benzene rings is 1. The Morgan fingerprint density at radius 2 is 2.19 bits per heavy atom. The molecule has 1 aromatic carbocycles. The number of hydrogen-bond donors (Lipinski definition) is 2. The Morgan fingerprint density at radius 1 is 1.52 bits per heavy atom. The average Bonchev–Trinajstić information content (AvgIpc) is 2.44. The second-order valence-corrected chi connectivity index (χ2v) is 4.70. The molecule has 0 aliphatic heterocycles. The monoisotopic (exact) mass is 293 g/mol. The summed E-state index contributed by atoms with van der Waals surface area (Å²) in [4.78, 5) is 23.7. The number of nitrogens with zero attached hydrogens (tertiary/aromatic N) is 2. The predicted molar refractivity (Wildman–Crippen MR) is 72.8 cm³/mol. The van der Waals surface area contributed by atoms with Crippen molar-refractivity contribution in [2.75, 3.05) is 13.6 Å². The third kappa shape index (κ3) is 4.76. The van der Waals surface area contributed by atoms with Gasteiger partial charge in [-0.25, -0.2) is 9.18 Å². The molecule has 6 nitrogen and oxygen atoms in total. The first-order valence-electron chi connectivity index (χ1n) is 6.25. The molecular weight excluding hydrogens is 277 g/mol. The average molecular weight is 293 g/mol. The molecule has 1 atom stereocenters. The first-order valence-corrected chi connectivity index (χ1v) is 6.25. The van der Waals surface area contributed by atoms with Crippen LogP contribution in [0.5, 0.6) is 0 Å². The van der Waals surface area contributed by atoms with Crippen molar-refractivity contribution in [1.82, 2.24) is 10.2 Å². The van der Waals surface area contributed by atoms with Crippen molar-refractivity contribution in [3.05, 3.63) is 35.1 Å². The Bertz CT molecular complexity index is 583. The van der Waals surface area contributed by atoms with E-state index >= 15 is 0 Å². The number of carbonyl (C=O) groups is 2. The van der Waals surface area contributed by atoms with Crippen LogP contribution in [0.1, 0.15) is 18.1 Å². The Hall–Kier alpha value is -2.62. The van der Waals surface area contributed by atoms with E-state index < -0.39 is 23.7 Å². The second-order valence-electron chi connectivity index (χ2n) is 4.70. The fourth-order valence-corrected chi connectivity index (χ4v) is 1.64. The molecule has 112 valence electrons. The molecule has 1 unspecified atom stereocenters. The molecule has 21 heavy (non-hydrogen) atoms. The summed E-state index contributed by atoms with van der Waals surface area (Å²) in [5, 5.41) is 19.9. The molecule has 0 fully saturated rings. The van der Waals surface area contributed by atoms with Gasteiger partial charge in [-0.05, 0) is 17.7 Å². The minimum absolute atomic E-state index is 0.0579. The normalized spacial score (nSPS) is 11.3. The first-order chi connectivity index (χ1) is 9.85. The molecule has 7 heteroatoms. The van der Waals surface area contributed by atoms with Crippen LogP contribution in [0.4, 0.5) is 9.18 Å². The van der Waals surface area contributed by atoms with E-state index in [1.807, 2.05) is 0 Å². The number of urea groups is 1. The Kier molecular flexibility index (Phi) is 5.67. The van der Waals surface area contributed by atoms with Gasteiger partial charge in [-0.1, -0.05) is 13.0 Å². The fraction of sp³-hybridized carbons (Fsp3) is 0.357. The van der Waals surface area contributed by atoms with Gasteiger partial charge < -0.3 is 15.3 Å². The second kappa shape index (κ2) is 7.24. The fourth-order valence-electron chi connectivity index (χ4n) is 1.64. The summed E-state index contributed by atoms with van der Waals surface area (Å²) in [6, 6.07) is 5.32. The number of nitriles is 1. The summed E-state index contributed by atoms with van der Waals surface area (Å²) in [5.74, 6) is -2.30. The zero-order valence-electron chi connectivity index (χ0n) is 11.8. The van der Waals surface area contributed by atoms with Crippen molar-refractivity contribution in [2.24, 2.45) is 5.92 Å². The number of nitrogens with one attached hydrogen (secondary N) is 1. The van der Waals surface area contributed by atoms with E-state index in [0.29, 0.717) is 5.56 Å². The van der Waals surface area contributed by atoms with Crippen LogP contribution in [0.2, 0.25) is 0 Å². The molecule has 0 aliphatic carbocycles. The number of halogens is 1. The topological polar surface area (TPSA) is 93.4 Å². The van der Waals surface area contributed by atoms with Crippen molar-refractivity contribution in [1.29, 1.82) is 5.26 Å². The van der Waals surface area contributed by atoms with Gasteiger partial charge in [0, 0.05) is 20.1 Å². The molecule has 1 aromatic rings. The molecule has 0 saturated carbocycles. The molecule has 0 aliphatic rings. The molecule has 0 heterocycles. The van der Waals surface area contributed by atoms with E-state index in [2.05, 4.69) is 5.32 Å². The molecule has 2 amide bonds. The highest BCUT2D eigenvalue weighted by Gasteiger charge is 2.17. The van der Waals surface area contributed by atoms with Crippen molar-refractivity contribution in [3.63, 3.8) is 0 Å². The largest absolute Gasteiger partial charge is 0.481 e. The standard InChI is InChI=1S/C14H16FN3O3/c1-9(13(19)20)8-18(2)14(21)17-7-10-3-4-11(6-16)12(15)5-10/h3-5,9H,7-8H2,1-2H3,(H,17,21)(H,19,20). The summed E-state index contributed by atoms with van der Waals surface area (Å²) < 4.78 is 13.4. The van der Waals surface area contributed by atoms with E-state index in [1.54, 1.807) is 12.1 Å². The van der Waals surface area contributed by atoms with Crippen LogP contribution in [-0.4, -0.2) is 35.6 Å². The van der Waals surface area contributed by atoms with E-state index in [9.17, 15) is 14.0 Å². The van der Waals surface area contributed by atoms with Crippen molar-refractivity contribution in [2.45, 2.75) is 13.5 Å². The molecule has 0 saturated heterocycles. The van der Waals surface area contributed by atoms with Crippen molar-refractivity contribution < 1.29 is 19.1 Å². The molecule has 1 rings (SSSR count). The van der Waals surface area contributed by atoms with Crippen LogP contribution < -0.4 is 5.32 Å². The number of hydrogen-bond acceptors (Lipinski definition) is 3. The maximum absolute atomic E-state index is 13.4. The van der Waals surface area contributed by atoms with Gasteiger partial charge in [0.15, 0.2) is 0 Å². The van der Waals surface area contributed by atoms with Gasteiger partial charge in [0.2, 0.25) is 0 Å². The minimum Gasteiger partial charge on any atom is -0.481 e. The Balaban J connectivity index is 2.55. The third-order valence-corrected chi connectivity index (χ3v) is 2.91. The lowest BCUT2D eigenvalue weighted by Crippen LogP contribution is -2.40. The zero-order chi connectivity index (χ0) is 16.0. The Labute approximate surface area is 121 Å². The lowest BCUT2D eigenvalue weighted by molar-refractivity contribution is -0.141.